The lowest BCUT2D eigenvalue weighted by atomic mass is 9.97. The van der Waals surface area contributed by atoms with Crippen LogP contribution in [0.5, 0.6) is 0 Å². The molecule has 1 N–H and O–H groups in total. The summed E-state index contributed by atoms with van der Waals surface area (Å²) in [4.78, 5) is 0. The van der Waals surface area contributed by atoms with Crippen LogP contribution in [0.25, 0.3) is 0 Å². The van der Waals surface area contributed by atoms with E-state index in [1.54, 1.807) is 0 Å². The number of ether oxygens (including phenoxy) is 1. The number of benzene rings is 1. The Morgan fingerprint density at radius 2 is 1.94 bits per heavy atom. The van der Waals surface area contributed by atoms with Crippen LogP contribution in [0.4, 0.5) is 0 Å². The summed E-state index contributed by atoms with van der Waals surface area (Å²) in [6.45, 7) is 7.53. The third-order valence-electron chi connectivity index (χ3n) is 4.05. The van der Waals surface area contributed by atoms with Gasteiger partial charge in [0.2, 0.25) is 0 Å². The van der Waals surface area contributed by atoms with E-state index >= 15 is 0 Å². The maximum absolute atomic E-state index is 9.95. The summed E-state index contributed by atoms with van der Waals surface area (Å²) in [5.74, 6) is 0.280. The molecule has 0 unspecified atom stereocenters. The molecule has 1 aromatic rings. The molecule has 100 valence electrons. The second-order valence-corrected chi connectivity index (χ2v) is 10.9. The van der Waals surface area contributed by atoms with Gasteiger partial charge in [-0.1, -0.05) is 55.5 Å². The minimum absolute atomic E-state index is 0.190. The van der Waals surface area contributed by atoms with Gasteiger partial charge in [0.15, 0.2) is 0 Å². The van der Waals surface area contributed by atoms with Crippen molar-refractivity contribution in [2.75, 3.05) is 6.61 Å². The van der Waals surface area contributed by atoms with Gasteiger partial charge < -0.3 is 9.84 Å². The van der Waals surface area contributed by atoms with E-state index in [9.17, 15) is 5.11 Å². The third kappa shape index (κ3) is 3.22. The van der Waals surface area contributed by atoms with E-state index in [0.29, 0.717) is 6.61 Å². The topological polar surface area (TPSA) is 29.5 Å². The Labute approximate surface area is 111 Å². The van der Waals surface area contributed by atoms with Crippen LogP contribution in [0, 0.1) is 5.92 Å². The van der Waals surface area contributed by atoms with Crippen molar-refractivity contribution in [2.24, 2.45) is 5.92 Å². The molecule has 18 heavy (non-hydrogen) atoms. The molecule has 0 amide bonds. The number of hydrogen-bond donors (Lipinski definition) is 1. The Kier molecular flexibility index (Phi) is 4.25. The van der Waals surface area contributed by atoms with Gasteiger partial charge in [0, 0.05) is 5.92 Å². The summed E-state index contributed by atoms with van der Waals surface area (Å²) in [5, 5.41) is 11.4. The van der Waals surface area contributed by atoms with Crippen molar-refractivity contribution >= 4 is 13.3 Å². The maximum atomic E-state index is 9.95. The smallest absolute Gasteiger partial charge is 0.0831 e. The van der Waals surface area contributed by atoms with Crippen molar-refractivity contribution in [3.63, 3.8) is 0 Å². The minimum atomic E-state index is -1.45. The average Bonchev–Trinajstić information content (AvgIpc) is 2.35. The van der Waals surface area contributed by atoms with Crippen LogP contribution in [-0.4, -0.2) is 32.0 Å². The highest BCUT2D eigenvalue weighted by Gasteiger charge is 2.33. The van der Waals surface area contributed by atoms with Crippen LogP contribution in [0.1, 0.15) is 13.3 Å². The summed E-state index contributed by atoms with van der Waals surface area (Å²) < 4.78 is 5.89. The van der Waals surface area contributed by atoms with Crippen molar-refractivity contribution in [1.82, 2.24) is 0 Å². The van der Waals surface area contributed by atoms with Crippen LogP contribution >= 0.6 is 0 Å². The van der Waals surface area contributed by atoms with E-state index in [-0.39, 0.29) is 18.1 Å². The van der Waals surface area contributed by atoms with Gasteiger partial charge in [0.1, 0.15) is 0 Å². The summed E-state index contributed by atoms with van der Waals surface area (Å²) in [7, 11) is -1.45. The average molecular weight is 264 g/mol. The highest BCUT2D eigenvalue weighted by Crippen LogP contribution is 2.25. The lowest BCUT2D eigenvalue weighted by molar-refractivity contribution is -0.0698. The molecule has 1 heterocycles. The number of hydrogen-bond acceptors (Lipinski definition) is 2. The molecule has 2 nitrogen and oxygen atoms in total. The molecule has 0 aliphatic carbocycles. The first kappa shape index (κ1) is 13.8. The molecule has 3 heteroatoms. The van der Waals surface area contributed by atoms with E-state index in [4.69, 9.17) is 4.74 Å². The van der Waals surface area contributed by atoms with E-state index in [1.807, 2.05) is 0 Å². The molecule has 1 aromatic carbocycles. The second kappa shape index (κ2) is 5.55. The van der Waals surface area contributed by atoms with E-state index in [2.05, 4.69) is 50.3 Å². The van der Waals surface area contributed by atoms with Crippen molar-refractivity contribution in [3.8, 4) is 0 Å². The number of aliphatic hydroxyl groups is 1. The zero-order valence-electron chi connectivity index (χ0n) is 11.6. The normalized spacial score (nSPS) is 29.2. The molecule has 0 spiro atoms. The van der Waals surface area contributed by atoms with E-state index in [1.165, 1.54) is 5.19 Å². The van der Waals surface area contributed by atoms with Crippen LogP contribution < -0.4 is 5.19 Å². The zero-order chi connectivity index (χ0) is 13.2. The summed E-state index contributed by atoms with van der Waals surface area (Å²) in [6, 6.07) is 11.9. The van der Waals surface area contributed by atoms with Gasteiger partial charge in [-0.2, -0.15) is 0 Å². The molecule has 1 aliphatic heterocycles. The molecular formula is C15H24O2Si. The number of rotatable bonds is 3. The largest absolute Gasteiger partial charge is 0.393 e. The molecule has 1 saturated heterocycles. The Morgan fingerprint density at radius 1 is 1.28 bits per heavy atom. The summed E-state index contributed by atoms with van der Waals surface area (Å²) >= 11 is 0. The summed E-state index contributed by atoms with van der Waals surface area (Å²) in [6.07, 6.45) is 0.840. The van der Waals surface area contributed by atoms with Gasteiger partial charge >= 0.3 is 0 Å². The van der Waals surface area contributed by atoms with Crippen molar-refractivity contribution < 1.29 is 9.84 Å². The Balaban J connectivity index is 2.00. The van der Waals surface area contributed by atoms with Crippen molar-refractivity contribution in [3.05, 3.63) is 30.3 Å². The Morgan fingerprint density at radius 3 is 2.56 bits per heavy atom. The predicted octanol–water partition coefficient (Wildman–Crippen LogP) is 2.39. The predicted molar refractivity (Wildman–Crippen MR) is 77.9 cm³/mol. The monoisotopic (exact) mass is 264 g/mol. The molecule has 0 bridgehead atoms. The fourth-order valence-corrected chi connectivity index (χ4v) is 5.44. The van der Waals surface area contributed by atoms with E-state index < -0.39 is 8.07 Å². The number of aliphatic hydroxyl groups excluding tert-OH is 1. The molecule has 3 atom stereocenters. The lowest BCUT2D eigenvalue weighted by Crippen LogP contribution is -2.47. The molecule has 2 rings (SSSR count). The van der Waals surface area contributed by atoms with Gasteiger partial charge in [-0.05, 0) is 12.5 Å². The lowest BCUT2D eigenvalue weighted by Gasteiger charge is -2.35. The molecule has 0 saturated carbocycles. The van der Waals surface area contributed by atoms with Crippen molar-refractivity contribution in [2.45, 2.75) is 44.7 Å². The standard InChI is InChI=1S/C15H24O2Si/c1-12-10-17-13(9-15(12)16)11-18(2,3)14-7-5-4-6-8-14/h4-8,12-13,15-16H,9-11H2,1-3H3/t12-,13+,15+/m0/s1. The molecule has 1 aliphatic rings. The minimum Gasteiger partial charge on any atom is -0.393 e. The van der Waals surface area contributed by atoms with Gasteiger partial charge in [0.25, 0.3) is 0 Å². The van der Waals surface area contributed by atoms with Gasteiger partial charge in [-0.25, -0.2) is 0 Å². The summed E-state index contributed by atoms with van der Waals surface area (Å²) in [5.41, 5.74) is 0. The van der Waals surface area contributed by atoms with Crippen LogP contribution in [0.2, 0.25) is 19.1 Å². The first-order chi connectivity index (χ1) is 8.49. The van der Waals surface area contributed by atoms with Gasteiger partial charge in [0.05, 0.1) is 26.9 Å². The van der Waals surface area contributed by atoms with Crippen LogP contribution in [-0.2, 0) is 4.74 Å². The van der Waals surface area contributed by atoms with Crippen LogP contribution in [0.3, 0.4) is 0 Å². The molecule has 0 aromatic heterocycles. The SMILES string of the molecule is C[C@H]1CO[C@@H](C[Si](C)(C)c2ccccc2)C[C@H]1O. The molecular weight excluding hydrogens is 240 g/mol. The molecule has 1 fully saturated rings. The fourth-order valence-electron chi connectivity index (χ4n) is 2.69. The molecule has 0 radical (unpaired) electrons. The quantitative estimate of drug-likeness (QED) is 0.850. The fraction of sp³-hybridized carbons (Fsp3) is 0.600. The second-order valence-electron chi connectivity index (χ2n) is 6.19. The first-order valence-corrected chi connectivity index (χ1v) is 10.0. The van der Waals surface area contributed by atoms with E-state index in [0.717, 1.165) is 12.5 Å². The van der Waals surface area contributed by atoms with Gasteiger partial charge in [-0.3, -0.25) is 0 Å². The third-order valence-corrected chi connectivity index (χ3v) is 7.42. The zero-order valence-corrected chi connectivity index (χ0v) is 12.6. The maximum Gasteiger partial charge on any atom is 0.0831 e. The Bertz CT molecular complexity index is 377. The highest BCUT2D eigenvalue weighted by molar-refractivity contribution is 6.89. The van der Waals surface area contributed by atoms with Crippen LogP contribution in [0.15, 0.2) is 30.3 Å². The highest BCUT2D eigenvalue weighted by atomic mass is 28.3. The van der Waals surface area contributed by atoms with Gasteiger partial charge in [-0.15, -0.1) is 0 Å². The Hall–Kier alpha value is -0.643. The first-order valence-electron chi connectivity index (χ1n) is 6.84. The van der Waals surface area contributed by atoms with Crippen molar-refractivity contribution in [1.29, 1.82) is 0 Å².